The number of nitrogens with zero attached hydrogens (tertiary/aromatic N) is 1. The van der Waals surface area contributed by atoms with Crippen molar-refractivity contribution >= 4 is 0 Å². The average Bonchev–Trinajstić information content (AvgIpc) is 2.19. The van der Waals surface area contributed by atoms with E-state index in [0.717, 1.165) is 12.1 Å². The maximum absolute atomic E-state index is 2.59. The Balaban J connectivity index is 0.000000500. The van der Waals surface area contributed by atoms with E-state index in [9.17, 15) is 0 Å². The number of piperidine rings is 1. The minimum Gasteiger partial charge on any atom is -0.300 e. The van der Waals surface area contributed by atoms with Gasteiger partial charge in [-0.2, -0.15) is 0 Å². The fraction of sp³-hybridized carbons (Fsp3) is 1.00. The molecule has 10 heavy (non-hydrogen) atoms. The van der Waals surface area contributed by atoms with Crippen molar-refractivity contribution in [3.8, 4) is 0 Å². The quantitative estimate of drug-likeness (QED) is 0.502. The minimum absolute atomic E-state index is 0. The highest BCUT2D eigenvalue weighted by Gasteiger charge is 2.33. The SMILES string of the molecule is CN1[C@@H]2CCC[C@H]1CC2.F. The zero-order valence-electron chi connectivity index (χ0n) is 6.55. The first kappa shape index (κ1) is 7.99. The van der Waals surface area contributed by atoms with Gasteiger partial charge in [-0.3, -0.25) is 4.70 Å². The van der Waals surface area contributed by atoms with Crippen molar-refractivity contribution < 1.29 is 4.70 Å². The van der Waals surface area contributed by atoms with Gasteiger partial charge in [-0.15, -0.1) is 0 Å². The van der Waals surface area contributed by atoms with Gasteiger partial charge in [-0.05, 0) is 32.7 Å². The highest BCUT2D eigenvalue weighted by Crippen LogP contribution is 2.33. The summed E-state index contributed by atoms with van der Waals surface area (Å²) in [5.41, 5.74) is 0. The van der Waals surface area contributed by atoms with Crippen molar-refractivity contribution in [1.82, 2.24) is 4.90 Å². The summed E-state index contributed by atoms with van der Waals surface area (Å²) in [7, 11) is 2.29. The van der Waals surface area contributed by atoms with Crippen LogP contribution in [0.4, 0.5) is 4.70 Å². The molecular weight excluding hydrogens is 129 g/mol. The monoisotopic (exact) mass is 145 g/mol. The molecule has 2 heteroatoms. The Labute approximate surface area is 61.8 Å². The van der Waals surface area contributed by atoms with Crippen molar-refractivity contribution in [3.63, 3.8) is 0 Å². The van der Waals surface area contributed by atoms with Crippen LogP contribution in [-0.4, -0.2) is 24.0 Å². The normalized spacial score (nSPS) is 39.3. The van der Waals surface area contributed by atoms with Crippen molar-refractivity contribution in [1.29, 1.82) is 0 Å². The minimum atomic E-state index is 0. The van der Waals surface area contributed by atoms with Gasteiger partial charge in [0.2, 0.25) is 0 Å². The first-order valence-electron chi connectivity index (χ1n) is 4.10. The molecule has 2 bridgehead atoms. The molecule has 2 atom stereocenters. The molecule has 0 aromatic rings. The van der Waals surface area contributed by atoms with Gasteiger partial charge in [0.25, 0.3) is 0 Å². The summed E-state index contributed by atoms with van der Waals surface area (Å²) in [6.07, 6.45) is 7.36. The van der Waals surface area contributed by atoms with E-state index in [1.807, 2.05) is 0 Å². The standard InChI is InChI=1S/C8H15N.FH/c1-9-7-3-2-4-8(9)6-5-7;/h7-8H,2-6H2,1H3;1H/t7-,8+;. The van der Waals surface area contributed by atoms with Crippen LogP contribution in [0.1, 0.15) is 32.1 Å². The van der Waals surface area contributed by atoms with Crippen LogP contribution in [0, 0.1) is 0 Å². The second-order valence-electron chi connectivity index (χ2n) is 3.48. The van der Waals surface area contributed by atoms with Crippen molar-refractivity contribution in [2.75, 3.05) is 7.05 Å². The Morgan fingerprint density at radius 2 is 1.50 bits per heavy atom. The first-order valence-corrected chi connectivity index (χ1v) is 4.10. The maximum Gasteiger partial charge on any atom is 0.00957 e. The van der Waals surface area contributed by atoms with Crippen LogP contribution in [0.25, 0.3) is 0 Å². The van der Waals surface area contributed by atoms with Crippen LogP contribution in [-0.2, 0) is 0 Å². The summed E-state index contributed by atoms with van der Waals surface area (Å²) in [4.78, 5) is 2.59. The van der Waals surface area contributed by atoms with E-state index in [1.54, 1.807) is 0 Å². The van der Waals surface area contributed by atoms with Crippen molar-refractivity contribution in [2.24, 2.45) is 0 Å². The molecule has 0 N–H and O–H groups in total. The maximum atomic E-state index is 2.59. The summed E-state index contributed by atoms with van der Waals surface area (Å²) in [5.74, 6) is 0. The van der Waals surface area contributed by atoms with E-state index >= 15 is 0 Å². The first-order chi connectivity index (χ1) is 4.38. The molecule has 60 valence electrons. The molecule has 2 aliphatic heterocycles. The van der Waals surface area contributed by atoms with Gasteiger partial charge in [0, 0.05) is 12.1 Å². The smallest absolute Gasteiger partial charge is 0.00957 e. The molecule has 2 rings (SSSR count). The Morgan fingerprint density at radius 3 is 1.90 bits per heavy atom. The third-order valence-corrected chi connectivity index (χ3v) is 3.06. The van der Waals surface area contributed by atoms with Gasteiger partial charge in [0.15, 0.2) is 0 Å². The number of fused-ring (bicyclic) bond motifs is 2. The van der Waals surface area contributed by atoms with E-state index in [0.29, 0.717) is 0 Å². The lowest BCUT2D eigenvalue weighted by Crippen LogP contribution is -2.35. The zero-order chi connectivity index (χ0) is 6.27. The summed E-state index contributed by atoms with van der Waals surface area (Å²) in [6.45, 7) is 0. The molecular formula is C8H16FN. The van der Waals surface area contributed by atoms with Gasteiger partial charge < -0.3 is 4.90 Å². The van der Waals surface area contributed by atoms with Gasteiger partial charge in [0.1, 0.15) is 0 Å². The molecule has 0 saturated carbocycles. The Kier molecular flexibility index (Phi) is 2.29. The molecule has 2 fully saturated rings. The van der Waals surface area contributed by atoms with Crippen LogP contribution in [0.3, 0.4) is 0 Å². The van der Waals surface area contributed by atoms with E-state index in [2.05, 4.69) is 11.9 Å². The third-order valence-electron chi connectivity index (χ3n) is 3.06. The lowest BCUT2D eigenvalue weighted by atomic mass is 10.0. The van der Waals surface area contributed by atoms with E-state index in [-0.39, 0.29) is 4.70 Å². The van der Waals surface area contributed by atoms with Crippen LogP contribution in [0.5, 0.6) is 0 Å². The predicted octanol–water partition coefficient (Wildman–Crippen LogP) is 1.79. The third kappa shape index (κ3) is 1.05. The number of halogens is 1. The largest absolute Gasteiger partial charge is 0.300 e. The summed E-state index contributed by atoms with van der Waals surface area (Å²) in [5, 5.41) is 0. The van der Waals surface area contributed by atoms with Crippen molar-refractivity contribution in [3.05, 3.63) is 0 Å². The molecule has 0 aliphatic carbocycles. The predicted molar refractivity (Wildman–Crippen MR) is 40.9 cm³/mol. The second-order valence-corrected chi connectivity index (χ2v) is 3.48. The molecule has 2 saturated heterocycles. The number of hydrogen-bond acceptors (Lipinski definition) is 1. The van der Waals surface area contributed by atoms with E-state index in [4.69, 9.17) is 0 Å². The highest BCUT2D eigenvalue weighted by atomic mass is 19.0. The highest BCUT2D eigenvalue weighted by molar-refractivity contribution is 4.89. The summed E-state index contributed by atoms with van der Waals surface area (Å²) >= 11 is 0. The Morgan fingerprint density at radius 1 is 1.00 bits per heavy atom. The van der Waals surface area contributed by atoms with E-state index in [1.165, 1.54) is 32.1 Å². The topological polar surface area (TPSA) is 3.24 Å². The molecule has 0 spiro atoms. The van der Waals surface area contributed by atoms with Gasteiger partial charge in [-0.25, -0.2) is 0 Å². The van der Waals surface area contributed by atoms with Gasteiger partial charge >= 0.3 is 0 Å². The van der Waals surface area contributed by atoms with Crippen LogP contribution in [0.15, 0.2) is 0 Å². The molecule has 0 radical (unpaired) electrons. The Bertz CT molecular complexity index is 99.8. The van der Waals surface area contributed by atoms with Crippen LogP contribution in [0.2, 0.25) is 0 Å². The number of hydrogen-bond donors (Lipinski definition) is 0. The fourth-order valence-corrected chi connectivity index (χ4v) is 2.38. The molecule has 2 heterocycles. The molecule has 0 aromatic carbocycles. The fourth-order valence-electron chi connectivity index (χ4n) is 2.38. The molecule has 0 unspecified atom stereocenters. The van der Waals surface area contributed by atoms with Gasteiger partial charge in [-0.1, -0.05) is 6.42 Å². The van der Waals surface area contributed by atoms with E-state index < -0.39 is 0 Å². The van der Waals surface area contributed by atoms with Crippen LogP contribution < -0.4 is 0 Å². The summed E-state index contributed by atoms with van der Waals surface area (Å²) < 4.78 is 0. The second kappa shape index (κ2) is 2.87. The molecule has 2 aliphatic rings. The average molecular weight is 145 g/mol. The van der Waals surface area contributed by atoms with Crippen molar-refractivity contribution in [2.45, 2.75) is 44.2 Å². The van der Waals surface area contributed by atoms with Gasteiger partial charge in [0.05, 0.1) is 0 Å². The molecule has 0 amide bonds. The van der Waals surface area contributed by atoms with Crippen LogP contribution >= 0.6 is 0 Å². The lowest BCUT2D eigenvalue weighted by Gasteiger charge is -2.30. The zero-order valence-corrected chi connectivity index (χ0v) is 6.55. The molecule has 0 aromatic heterocycles. The summed E-state index contributed by atoms with van der Waals surface area (Å²) in [6, 6.07) is 1.92. The molecule has 1 nitrogen and oxygen atoms in total. The number of rotatable bonds is 0. The lowest BCUT2D eigenvalue weighted by molar-refractivity contribution is 0.179. The Hall–Kier alpha value is -0.110.